The van der Waals surface area contributed by atoms with Gasteiger partial charge in [-0.15, -0.1) is 0 Å². The Morgan fingerprint density at radius 3 is 2.53 bits per heavy atom. The van der Waals surface area contributed by atoms with Gasteiger partial charge in [0.25, 0.3) is 0 Å². The first kappa shape index (κ1) is 12.8. The second-order valence-corrected chi connectivity index (χ2v) is 4.71. The predicted molar refractivity (Wildman–Crippen MR) is 52.5 cm³/mol. The number of hydrogen-bond donors (Lipinski definition) is 1. The van der Waals surface area contributed by atoms with E-state index in [-0.39, 0.29) is 6.42 Å². The SMILES string of the molecule is CCC1CCC(O)(CCCC(F)(F)F)C1. The minimum Gasteiger partial charge on any atom is -0.390 e. The molecule has 4 heteroatoms. The number of aliphatic hydroxyl groups is 1. The van der Waals surface area contributed by atoms with Crippen LogP contribution in [0.1, 0.15) is 51.9 Å². The topological polar surface area (TPSA) is 20.2 Å². The molecule has 1 nitrogen and oxygen atoms in total. The highest BCUT2D eigenvalue weighted by atomic mass is 19.4. The molecule has 0 aromatic heterocycles. The molecule has 0 amide bonds. The van der Waals surface area contributed by atoms with Gasteiger partial charge in [-0.1, -0.05) is 13.3 Å². The van der Waals surface area contributed by atoms with Crippen LogP contribution in [0, 0.1) is 5.92 Å². The monoisotopic (exact) mass is 224 g/mol. The summed E-state index contributed by atoms with van der Waals surface area (Å²) in [5, 5.41) is 10.0. The molecule has 1 fully saturated rings. The van der Waals surface area contributed by atoms with Crippen LogP contribution >= 0.6 is 0 Å². The molecule has 1 N–H and O–H groups in total. The Balaban J connectivity index is 2.26. The van der Waals surface area contributed by atoms with Crippen LogP contribution in [-0.4, -0.2) is 16.9 Å². The fourth-order valence-electron chi connectivity index (χ4n) is 2.41. The smallest absolute Gasteiger partial charge is 0.389 e. The van der Waals surface area contributed by atoms with E-state index in [1.807, 2.05) is 0 Å². The summed E-state index contributed by atoms with van der Waals surface area (Å²) >= 11 is 0. The molecule has 1 rings (SSSR count). The third-order valence-electron chi connectivity index (χ3n) is 3.37. The van der Waals surface area contributed by atoms with Crippen molar-refractivity contribution in [3.63, 3.8) is 0 Å². The molecular weight excluding hydrogens is 205 g/mol. The second-order valence-electron chi connectivity index (χ2n) is 4.71. The Labute approximate surface area is 88.7 Å². The van der Waals surface area contributed by atoms with Gasteiger partial charge < -0.3 is 5.11 Å². The van der Waals surface area contributed by atoms with Crippen molar-refractivity contribution in [3.8, 4) is 0 Å². The molecule has 0 heterocycles. The van der Waals surface area contributed by atoms with Gasteiger partial charge in [0.15, 0.2) is 0 Å². The van der Waals surface area contributed by atoms with Crippen LogP contribution < -0.4 is 0 Å². The van der Waals surface area contributed by atoms with Crippen molar-refractivity contribution in [1.82, 2.24) is 0 Å². The van der Waals surface area contributed by atoms with Crippen LogP contribution in [0.4, 0.5) is 13.2 Å². The summed E-state index contributed by atoms with van der Waals surface area (Å²) in [6.45, 7) is 2.06. The van der Waals surface area contributed by atoms with Gasteiger partial charge in [0.2, 0.25) is 0 Å². The molecule has 0 aromatic rings. The van der Waals surface area contributed by atoms with E-state index in [0.29, 0.717) is 25.2 Å². The molecule has 0 aliphatic heterocycles. The minimum atomic E-state index is -4.08. The highest BCUT2D eigenvalue weighted by Crippen LogP contribution is 2.40. The highest BCUT2D eigenvalue weighted by Gasteiger charge is 2.37. The maximum Gasteiger partial charge on any atom is 0.389 e. The average molecular weight is 224 g/mol. The van der Waals surface area contributed by atoms with Gasteiger partial charge in [0.1, 0.15) is 0 Å². The van der Waals surface area contributed by atoms with Crippen molar-refractivity contribution in [2.45, 2.75) is 63.6 Å². The van der Waals surface area contributed by atoms with E-state index in [9.17, 15) is 18.3 Å². The first-order chi connectivity index (χ1) is 6.85. The zero-order valence-electron chi connectivity index (χ0n) is 9.11. The molecule has 0 bridgehead atoms. The van der Waals surface area contributed by atoms with Crippen LogP contribution in [0.5, 0.6) is 0 Å². The third-order valence-corrected chi connectivity index (χ3v) is 3.37. The van der Waals surface area contributed by atoms with Gasteiger partial charge in [-0.3, -0.25) is 0 Å². The largest absolute Gasteiger partial charge is 0.390 e. The minimum absolute atomic E-state index is 0.0520. The lowest BCUT2D eigenvalue weighted by Gasteiger charge is -2.22. The summed E-state index contributed by atoms with van der Waals surface area (Å²) < 4.78 is 35.7. The molecule has 0 spiro atoms. The summed E-state index contributed by atoms with van der Waals surface area (Å²) in [4.78, 5) is 0. The lowest BCUT2D eigenvalue weighted by Crippen LogP contribution is -2.25. The zero-order valence-corrected chi connectivity index (χ0v) is 9.11. The number of halogens is 3. The summed E-state index contributed by atoms with van der Waals surface area (Å²) in [6, 6.07) is 0. The van der Waals surface area contributed by atoms with E-state index in [1.165, 1.54) is 0 Å². The Bertz CT molecular complexity index is 202. The molecule has 2 atom stereocenters. The van der Waals surface area contributed by atoms with Crippen molar-refractivity contribution < 1.29 is 18.3 Å². The molecule has 1 aliphatic carbocycles. The Hall–Kier alpha value is -0.250. The first-order valence-corrected chi connectivity index (χ1v) is 5.64. The lowest BCUT2D eigenvalue weighted by atomic mass is 9.93. The summed E-state index contributed by atoms with van der Waals surface area (Å²) in [5.74, 6) is 0.501. The van der Waals surface area contributed by atoms with E-state index >= 15 is 0 Å². The summed E-state index contributed by atoms with van der Waals surface area (Å²) in [5.41, 5.74) is -0.814. The van der Waals surface area contributed by atoms with Gasteiger partial charge in [-0.2, -0.15) is 13.2 Å². The van der Waals surface area contributed by atoms with Crippen molar-refractivity contribution in [3.05, 3.63) is 0 Å². The Morgan fingerprint density at radius 2 is 2.07 bits per heavy atom. The second kappa shape index (κ2) is 4.73. The van der Waals surface area contributed by atoms with Gasteiger partial charge in [0, 0.05) is 6.42 Å². The van der Waals surface area contributed by atoms with Crippen molar-refractivity contribution in [2.75, 3.05) is 0 Å². The molecule has 1 aliphatic rings. The van der Waals surface area contributed by atoms with Crippen LogP contribution in [0.25, 0.3) is 0 Å². The highest BCUT2D eigenvalue weighted by molar-refractivity contribution is 4.88. The van der Waals surface area contributed by atoms with Gasteiger partial charge >= 0.3 is 6.18 Å². The van der Waals surface area contributed by atoms with E-state index in [0.717, 1.165) is 12.8 Å². The standard InChI is InChI=1S/C11H19F3O/c1-2-9-4-7-10(15,8-9)5-3-6-11(12,13)14/h9,15H,2-8H2,1H3. The number of rotatable bonds is 4. The zero-order chi connectivity index (χ0) is 11.5. The molecule has 90 valence electrons. The van der Waals surface area contributed by atoms with Crippen LogP contribution in [0.2, 0.25) is 0 Å². The maximum absolute atomic E-state index is 11.9. The van der Waals surface area contributed by atoms with E-state index in [2.05, 4.69) is 6.92 Å². The quantitative estimate of drug-likeness (QED) is 0.772. The summed E-state index contributed by atoms with van der Waals surface area (Å²) in [7, 11) is 0. The molecule has 1 saturated carbocycles. The van der Waals surface area contributed by atoms with E-state index in [1.54, 1.807) is 0 Å². The van der Waals surface area contributed by atoms with Crippen molar-refractivity contribution >= 4 is 0 Å². The van der Waals surface area contributed by atoms with Crippen LogP contribution in [0.3, 0.4) is 0 Å². The molecule has 15 heavy (non-hydrogen) atoms. The number of hydrogen-bond acceptors (Lipinski definition) is 1. The lowest BCUT2D eigenvalue weighted by molar-refractivity contribution is -0.137. The molecular formula is C11H19F3O. The molecule has 0 radical (unpaired) electrons. The molecule has 0 aromatic carbocycles. The number of alkyl halides is 3. The Kier molecular flexibility index (Phi) is 4.04. The predicted octanol–water partition coefficient (Wildman–Crippen LogP) is 3.66. The first-order valence-electron chi connectivity index (χ1n) is 5.64. The third kappa shape index (κ3) is 4.41. The molecule has 0 saturated heterocycles. The normalized spacial score (nSPS) is 32.2. The molecule has 2 unspecified atom stereocenters. The van der Waals surface area contributed by atoms with Crippen molar-refractivity contribution in [2.24, 2.45) is 5.92 Å². The summed E-state index contributed by atoms with van der Waals surface area (Å²) in [6.07, 6.45) is -1.18. The van der Waals surface area contributed by atoms with Gasteiger partial charge in [-0.25, -0.2) is 0 Å². The van der Waals surface area contributed by atoms with Crippen LogP contribution in [-0.2, 0) is 0 Å². The maximum atomic E-state index is 11.9. The Morgan fingerprint density at radius 1 is 1.40 bits per heavy atom. The van der Waals surface area contributed by atoms with Crippen molar-refractivity contribution in [1.29, 1.82) is 0 Å². The van der Waals surface area contributed by atoms with Gasteiger partial charge in [-0.05, 0) is 38.0 Å². The van der Waals surface area contributed by atoms with E-state index < -0.39 is 18.2 Å². The fraction of sp³-hybridized carbons (Fsp3) is 1.00. The van der Waals surface area contributed by atoms with E-state index in [4.69, 9.17) is 0 Å². The fourth-order valence-corrected chi connectivity index (χ4v) is 2.41. The van der Waals surface area contributed by atoms with Crippen LogP contribution in [0.15, 0.2) is 0 Å². The van der Waals surface area contributed by atoms with Gasteiger partial charge in [0.05, 0.1) is 5.60 Å². The average Bonchev–Trinajstić information content (AvgIpc) is 2.45.